The molecular formula is C26H31N3O4. The maximum atomic E-state index is 13.0. The molecule has 0 spiro atoms. The zero-order chi connectivity index (χ0) is 23.8. The second-order valence-corrected chi connectivity index (χ2v) is 9.53. The van der Waals surface area contributed by atoms with Gasteiger partial charge in [-0.15, -0.1) is 0 Å². The van der Waals surface area contributed by atoms with Crippen molar-refractivity contribution in [3.8, 4) is 0 Å². The molecular weight excluding hydrogens is 418 g/mol. The monoisotopic (exact) mass is 449 g/mol. The lowest BCUT2D eigenvalue weighted by atomic mass is 9.83. The molecule has 1 fully saturated rings. The molecule has 7 nitrogen and oxygen atoms in total. The molecule has 33 heavy (non-hydrogen) atoms. The summed E-state index contributed by atoms with van der Waals surface area (Å²) < 4.78 is 11.2. The lowest BCUT2D eigenvalue weighted by Crippen LogP contribution is -2.37. The third kappa shape index (κ3) is 4.72. The molecule has 0 radical (unpaired) electrons. The summed E-state index contributed by atoms with van der Waals surface area (Å²) in [6, 6.07) is 10.2. The summed E-state index contributed by atoms with van der Waals surface area (Å²) >= 11 is 0. The number of esters is 1. The van der Waals surface area contributed by atoms with Gasteiger partial charge in [0.25, 0.3) is 0 Å². The van der Waals surface area contributed by atoms with E-state index in [0.29, 0.717) is 39.2 Å². The Morgan fingerprint density at radius 1 is 1.21 bits per heavy atom. The highest BCUT2D eigenvalue weighted by Crippen LogP contribution is 2.34. The molecule has 1 aliphatic heterocycles. The number of anilines is 2. The van der Waals surface area contributed by atoms with Crippen molar-refractivity contribution in [3.05, 3.63) is 63.6 Å². The molecule has 3 aromatic rings. The van der Waals surface area contributed by atoms with Crippen LogP contribution in [0.5, 0.6) is 0 Å². The SMILES string of the molecule is COC(=O)c1ccccc1N[C@H](C)c1nc(C)cc2c(=O)cc(N3CCC(C)(C)CC3)oc12. The number of nitrogens with one attached hydrogen (secondary N) is 1. The van der Waals surface area contributed by atoms with Crippen LogP contribution in [0.25, 0.3) is 11.0 Å². The van der Waals surface area contributed by atoms with Gasteiger partial charge < -0.3 is 19.4 Å². The van der Waals surface area contributed by atoms with E-state index in [0.717, 1.165) is 31.6 Å². The summed E-state index contributed by atoms with van der Waals surface area (Å²) in [5.41, 5.74) is 3.11. The highest BCUT2D eigenvalue weighted by molar-refractivity contribution is 5.95. The van der Waals surface area contributed by atoms with Crippen molar-refractivity contribution in [3.63, 3.8) is 0 Å². The van der Waals surface area contributed by atoms with Crippen LogP contribution in [0.15, 0.2) is 45.6 Å². The number of piperidine rings is 1. The standard InChI is InChI=1S/C26H31N3O4/c1-16-14-19-21(30)15-22(29-12-10-26(3,4)11-13-29)33-24(19)23(27-16)17(2)28-20-9-7-6-8-18(20)25(31)32-5/h6-9,14-15,17,28H,10-13H2,1-5H3/t17-/m1/s1. The molecule has 1 atom stereocenters. The molecule has 0 bridgehead atoms. The van der Waals surface area contributed by atoms with Crippen molar-refractivity contribution in [1.82, 2.24) is 4.98 Å². The van der Waals surface area contributed by atoms with E-state index < -0.39 is 5.97 Å². The van der Waals surface area contributed by atoms with Gasteiger partial charge in [0.2, 0.25) is 0 Å². The van der Waals surface area contributed by atoms with E-state index in [2.05, 4.69) is 24.1 Å². The van der Waals surface area contributed by atoms with Crippen LogP contribution >= 0.6 is 0 Å². The number of para-hydroxylation sites is 1. The maximum Gasteiger partial charge on any atom is 0.339 e. The number of carbonyl (C=O) groups excluding carboxylic acids is 1. The zero-order valence-corrected chi connectivity index (χ0v) is 19.9. The van der Waals surface area contributed by atoms with E-state index in [-0.39, 0.29) is 11.5 Å². The van der Waals surface area contributed by atoms with Gasteiger partial charge in [-0.05, 0) is 50.3 Å². The number of pyridine rings is 1. The molecule has 4 rings (SSSR count). The summed E-state index contributed by atoms with van der Waals surface area (Å²) in [7, 11) is 1.36. The van der Waals surface area contributed by atoms with Gasteiger partial charge in [0.05, 0.1) is 24.1 Å². The number of hydrogen-bond acceptors (Lipinski definition) is 7. The summed E-state index contributed by atoms with van der Waals surface area (Å²) in [6.07, 6.45) is 2.08. The van der Waals surface area contributed by atoms with E-state index in [1.165, 1.54) is 7.11 Å². The minimum atomic E-state index is -0.422. The molecule has 1 saturated heterocycles. The third-order valence-corrected chi connectivity index (χ3v) is 6.40. The number of aromatic nitrogens is 1. The zero-order valence-electron chi connectivity index (χ0n) is 19.9. The number of ether oxygens (including phenoxy) is 1. The molecule has 2 aromatic heterocycles. The molecule has 1 N–H and O–H groups in total. The molecule has 174 valence electrons. The fraction of sp³-hybridized carbons (Fsp3) is 0.423. The Morgan fingerprint density at radius 3 is 2.61 bits per heavy atom. The van der Waals surface area contributed by atoms with Crippen LogP contribution in [0.4, 0.5) is 11.6 Å². The summed E-state index contributed by atoms with van der Waals surface area (Å²) in [5, 5.41) is 3.86. The van der Waals surface area contributed by atoms with Crippen molar-refractivity contribution in [1.29, 1.82) is 0 Å². The van der Waals surface area contributed by atoms with Gasteiger partial charge in [-0.25, -0.2) is 4.79 Å². The minimum Gasteiger partial charge on any atom is -0.465 e. The first kappa shape index (κ1) is 22.8. The Labute approximate surface area is 193 Å². The maximum absolute atomic E-state index is 13.0. The first-order valence-electron chi connectivity index (χ1n) is 11.3. The normalized spacial score (nSPS) is 16.5. The van der Waals surface area contributed by atoms with Gasteiger partial charge in [0, 0.05) is 30.5 Å². The predicted molar refractivity (Wildman–Crippen MR) is 130 cm³/mol. The largest absolute Gasteiger partial charge is 0.465 e. The molecule has 0 aliphatic carbocycles. The van der Waals surface area contributed by atoms with Gasteiger partial charge in [-0.2, -0.15) is 0 Å². The number of fused-ring (bicyclic) bond motifs is 1. The Balaban J connectivity index is 1.74. The summed E-state index contributed by atoms with van der Waals surface area (Å²) in [6.45, 7) is 10.0. The van der Waals surface area contributed by atoms with E-state index in [4.69, 9.17) is 14.1 Å². The molecule has 3 heterocycles. The molecule has 0 amide bonds. The first-order chi connectivity index (χ1) is 15.7. The molecule has 0 unspecified atom stereocenters. The van der Waals surface area contributed by atoms with E-state index in [1.54, 1.807) is 24.3 Å². The fourth-order valence-corrected chi connectivity index (χ4v) is 4.28. The smallest absolute Gasteiger partial charge is 0.339 e. The summed E-state index contributed by atoms with van der Waals surface area (Å²) in [4.78, 5) is 32.1. The quantitative estimate of drug-likeness (QED) is 0.544. The second kappa shape index (κ2) is 8.89. The molecule has 1 aromatic carbocycles. The van der Waals surface area contributed by atoms with Crippen LogP contribution in [-0.4, -0.2) is 31.2 Å². The average molecular weight is 450 g/mol. The lowest BCUT2D eigenvalue weighted by molar-refractivity contribution is 0.0602. The third-order valence-electron chi connectivity index (χ3n) is 6.40. The van der Waals surface area contributed by atoms with E-state index in [1.807, 2.05) is 26.0 Å². The van der Waals surface area contributed by atoms with Crippen LogP contribution < -0.4 is 15.6 Å². The highest BCUT2D eigenvalue weighted by Gasteiger charge is 2.27. The van der Waals surface area contributed by atoms with Crippen molar-refractivity contribution in [2.75, 3.05) is 30.4 Å². The van der Waals surface area contributed by atoms with Crippen molar-refractivity contribution in [2.45, 2.75) is 46.6 Å². The average Bonchev–Trinajstić information content (AvgIpc) is 2.78. The number of rotatable bonds is 5. The van der Waals surface area contributed by atoms with Crippen LogP contribution in [0.3, 0.4) is 0 Å². The Kier molecular flexibility index (Phi) is 6.15. The number of methoxy groups -OCH3 is 1. The fourth-order valence-electron chi connectivity index (χ4n) is 4.28. The molecule has 1 aliphatic rings. The Bertz CT molecular complexity index is 1240. The van der Waals surface area contributed by atoms with Gasteiger partial charge >= 0.3 is 5.97 Å². The van der Waals surface area contributed by atoms with Gasteiger partial charge in [0.1, 0.15) is 5.69 Å². The lowest BCUT2D eigenvalue weighted by Gasteiger charge is -2.37. The van der Waals surface area contributed by atoms with E-state index in [9.17, 15) is 9.59 Å². The number of benzene rings is 1. The second-order valence-electron chi connectivity index (χ2n) is 9.53. The van der Waals surface area contributed by atoms with Crippen LogP contribution in [0.1, 0.15) is 61.4 Å². The summed E-state index contributed by atoms with van der Waals surface area (Å²) in [5.74, 6) is 0.159. The Morgan fingerprint density at radius 2 is 1.91 bits per heavy atom. The number of aryl methyl sites for hydroxylation is 1. The number of nitrogens with zero attached hydrogens (tertiary/aromatic N) is 2. The van der Waals surface area contributed by atoms with Gasteiger partial charge in [0.15, 0.2) is 16.9 Å². The molecule has 7 heteroatoms. The molecule has 0 saturated carbocycles. The van der Waals surface area contributed by atoms with Crippen LogP contribution in [0, 0.1) is 12.3 Å². The topological polar surface area (TPSA) is 84.7 Å². The van der Waals surface area contributed by atoms with Crippen molar-refractivity contribution in [2.24, 2.45) is 5.41 Å². The predicted octanol–water partition coefficient (Wildman–Crippen LogP) is 5.08. The first-order valence-corrected chi connectivity index (χ1v) is 11.3. The van der Waals surface area contributed by atoms with Crippen LogP contribution in [0.2, 0.25) is 0 Å². The van der Waals surface area contributed by atoms with E-state index >= 15 is 0 Å². The van der Waals surface area contributed by atoms with Crippen molar-refractivity contribution < 1.29 is 13.9 Å². The van der Waals surface area contributed by atoms with Gasteiger partial charge in [-0.3, -0.25) is 9.78 Å². The highest BCUT2D eigenvalue weighted by atomic mass is 16.5. The van der Waals surface area contributed by atoms with Crippen LogP contribution in [-0.2, 0) is 4.74 Å². The minimum absolute atomic E-state index is 0.0787. The number of carbonyl (C=O) groups is 1. The van der Waals surface area contributed by atoms with Gasteiger partial charge in [-0.1, -0.05) is 26.0 Å². The Hall–Kier alpha value is -3.35. The number of hydrogen-bond donors (Lipinski definition) is 1. The van der Waals surface area contributed by atoms with Crippen molar-refractivity contribution >= 4 is 28.5 Å².